The molecule has 0 amide bonds. The van der Waals surface area contributed by atoms with E-state index in [1.54, 1.807) is 6.20 Å². The number of aromatic nitrogens is 1. The van der Waals surface area contributed by atoms with Gasteiger partial charge >= 0.3 is 0 Å². The number of rotatable bonds is 5. The van der Waals surface area contributed by atoms with Gasteiger partial charge in [0, 0.05) is 18.8 Å². The molecule has 3 N–H and O–H groups in total. The molecule has 0 bridgehead atoms. The molecule has 0 aliphatic heterocycles. The van der Waals surface area contributed by atoms with E-state index in [4.69, 9.17) is 11.1 Å². The molecule has 0 fully saturated rings. The maximum Gasteiger partial charge on any atom is 0.142 e. The maximum atomic E-state index is 7.51. The molecule has 17 heavy (non-hydrogen) atoms. The molecule has 0 saturated heterocycles. The Morgan fingerprint density at radius 1 is 1.47 bits per heavy atom. The maximum absolute atomic E-state index is 7.51. The van der Waals surface area contributed by atoms with Crippen LogP contribution in [0.5, 0.6) is 0 Å². The summed E-state index contributed by atoms with van der Waals surface area (Å²) in [6.45, 7) is 7.38. The van der Waals surface area contributed by atoms with Crippen molar-refractivity contribution in [1.29, 1.82) is 5.41 Å². The average molecular weight is 234 g/mol. The molecule has 0 aromatic carbocycles. The van der Waals surface area contributed by atoms with Gasteiger partial charge in [-0.1, -0.05) is 19.9 Å². The quantitative estimate of drug-likeness (QED) is 0.603. The lowest BCUT2D eigenvalue weighted by atomic mass is 10.0. The summed E-state index contributed by atoms with van der Waals surface area (Å²) >= 11 is 0. The average Bonchev–Trinajstić information content (AvgIpc) is 2.28. The first-order chi connectivity index (χ1) is 7.93. The van der Waals surface area contributed by atoms with E-state index in [0.29, 0.717) is 17.7 Å². The molecule has 0 radical (unpaired) electrons. The number of nitrogens with two attached hydrogens (primary N) is 1. The fourth-order valence-corrected chi connectivity index (χ4v) is 1.73. The van der Waals surface area contributed by atoms with E-state index in [2.05, 4.69) is 37.7 Å². The van der Waals surface area contributed by atoms with Gasteiger partial charge in [0.2, 0.25) is 0 Å². The summed E-state index contributed by atoms with van der Waals surface area (Å²) in [6.07, 6.45) is 1.67. The summed E-state index contributed by atoms with van der Waals surface area (Å²) < 4.78 is 0. The first-order valence-corrected chi connectivity index (χ1v) is 5.92. The summed E-state index contributed by atoms with van der Waals surface area (Å²) in [5.74, 6) is 0.628. The zero-order valence-electron chi connectivity index (χ0n) is 11.1. The standard InChI is InChI=1S/C13H22N4/c1-9(2)10(3)17(4)8-11-6-5-7-16-12(11)13(14)15/h5-7,9-10H,8H2,1-4H3,(H3,14,15). The number of pyridine rings is 1. The minimum absolute atomic E-state index is 0.0335. The second-order valence-corrected chi connectivity index (χ2v) is 4.82. The van der Waals surface area contributed by atoms with Crippen LogP contribution in [0.15, 0.2) is 18.3 Å². The van der Waals surface area contributed by atoms with Crippen LogP contribution in [0, 0.1) is 11.3 Å². The molecule has 4 heteroatoms. The second kappa shape index (κ2) is 5.77. The van der Waals surface area contributed by atoms with Crippen LogP contribution in [0.4, 0.5) is 0 Å². The molecule has 1 aromatic heterocycles. The van der Waals surface area contributed by atoms with E-state index in [-0.39, 0.29) is 5.84 Å². The Kier molecular flexibility index (Phi) is 4.63. The third-order valence-corrected chi connectivity index (χ3v) is 3.23. The highest BCUT2D eigenvalue weighted by molar-refractivity contribution is 5.94. The topological polar surface area (TPSA) is 66.0 Å². The predicted octanol–water partition coefficient (Wildman–Crippen LogP) is 1.84. The second-order valence-electron chi connectivity index (χ2n) is 4.82. The van der Waals surface area contributed by atoms with Crippen molar-refractivity contribution in [2.45, 2.75) is 33.4 Å². The van der Waals surface area contributed by atoms with Crippen LogP contribution in [-0.4, -0.2) is 28.8 Å². The molecule has 1 rings (SSSR count). The fraction of sp³-hybridized carbons (Fsp3) is 0.538. The van der Waals surface area contributed by atoms with Gasteiger partial charge in [-0.25, -0.2) is 0 Å². The molecule has 1 unspecified atom stereocenters. The molecule has 0 saturated carbocycles. The van der Waals surface area contributed by atoms with Gasteiger partial charge in [-0.3, -0.25) is 15.3 Å². The van der Waals surface area contributed by atoms with Crippen molar-refractivity contribution in [3.63, 3.8) is 0 Å². The van der Waals surface area contributed by atoms with E-state index in [1.165, 1.54) is 0 Å². The smallest absolute Gasteiger partial charge is 0.142 e. The van der Waals surface area contributed by atoms with Crippen LogP contribution >= 0.6 is 0 Å². The Labute approximate surface area is 103 Å². The highest BCUT2D eigenvalue weighted by atomic mass is 15.1. The summed E-state index contributed by atoms with van der Waals surface area (Å²) in [5, 5.41) is 7.51. The lowest BCUT2D eigenvalue weighted by Crippen LogP contribution is -2.33. The monoisotopic (exact) mass is 234 g/mol. The molecule has 0 aliphatic rings. The van der Waals surface area contributed by atoms with E-state index in [0.717, 1.165) is 12.1 Å². The van der Waals surface area contributed by atoms with Gasteiger partial charge in [0.05, 0.1) is 0 Å². The van der Waals surface area contributed by atoms with Crippen LogP contribution < -0.4 is 5.73 Å². The number of hydrogen-bond donors (Lipinski definition) is 2. The SMILES string of the molecule is CC(C)C(C)N(C)Cc1cccnc1C(=N)N. The Morgan fingerprint density at radius 2 is 2.12 bits per heavy atom. The van der Waals surface area contributed by atoms with Crippen LogP contribution in [0.25, 0.3) is 0 Å². The fourth-order valence-electron chi connectivity index (χ4n) is 1.73. The van der Waals surface area contributed by atoms with Gasteiger partial charge in [-0.05, 0) is 31.5 Å². The van der Waals surface area contributed by atoms with Crippen molar-refractivity contribution < 1.29 is 0 Å². The molecule has 1 atom stereocenters. The van der Waals surface area contributed by atoms with Gasteiger partial charge in [-0.15, -0.1) is 0 Å². The van der Waals surface area contributed by atoms with Gasteiger partial charge in [0.1, 0.15) is 11.5 Å². The lowest BCUT2D eigenvalue weighted by Gasteiger charge is -2.28. The van der Waals surface area contributed by atoms with Crippen molar-refractivity contribution in [2.75, 3.05) is 7.05 Å². The Balaban J connectivity index is 2.84. The van der Waals surface area contributed by atoms with Gasteiger partial charge in [0.15, 0.2) is 0 Å². The van der Waals surface area contributed by atoms with Crippen LogP contribution in [0.1, 0.15) is 32.0 Å². The third kappa shape index (κ3) is 3.53. The molecule has 0 aliphatic carbocycles. The zero-order valence-corrected chi connectivity index (χ0v) is 11.1. The Morgan fingerprint density at radius 3 is 2.65 bits per heavy atom. The van der Waals surface area contributed by atoms with Crippen molar-refractivity contribution in [2.24, 2.45) is 11.7 Å². The zero-order chi connectivity index (χ0) is 13.0. The molecule has 1 aromatic rings. The van der Waals surface area contributed by atoms with E-state index in [1.807, 2.05) is 12.1 Å². The van der Waals surface area contributed by atoms with Crippen molar-refractivity contribution in [3.05, 3.63) is 29.6 Å². The largest absolute Gasteiger partial charge is 0.382 e. The molecule has 0 spiro atoms. The first kappa shape index (κ1) is 13.6. The molecule has 1 heterocycles. The summed E-state index contributed by atoms with van der Waals surface area (Å²) in [6, 6.07) is 4.35. The minimum atomic E-state index is 0.0335. The van der Waals surface area contributed by atoms with Gasteiger partial charge in [-0.2, -0.15) is 0 Å². The van der Waals surface area contributed by atoms with Gasteiger partial charge < -0.3 is 5.73 Å². The third-order valence-electron chi connectivity index (χ3n) is 3.23. The first-order valence-electron chi connectivity index (χ1n) is 5.92. The van der Waals surface area contributed by atoms with Crippen LogP contribution in [-0.2, 0) is 6.54 Å². The minimum Gasteiger partial charge on any atom is -0.382 e. The van der Waals surface area contributed by atoms with E-state index < -0.39 is 0 Å². The number of amidine groups is 1. The summed E-state index contributed by atoms with van der Waals surface area (Å²) in [4.78, 5) is 6.42. The van der Waals surface area contributed by atoms with E-state index in [9.17, 15) is 0 Å². The summed E-state index contributed by atoms with van der Waals surface area (Å²) in [7, 11) is 2.08. The van der Waals surface area contributed by atoms with Crippen LogP contribution in [0.3, 0.4) is 0 Å². The predicted molar refractivity (Wildman–Crippen MR) is 71.0 cm³/mol. The van der Waals surface area contributed by atoms with Crippen molar-refractivity contribution in [1.82, 2.24) is 9.88 Å². The highest BCUT2D eigenvalue weighted by Gasteiger charge is 2.15. The van der Waals surface area contributed by atoms with Crippen molar-refractivity contribution >= 4 is 5.84 Å². The highest BCUT2D eigenvalue weighted by Crippen LogP contribution is 2.13. The number of nitrogen functional groups attached to an aromatic ring is 1. The lowest BCUT2D eigenvalue weighted by molar-refractivity contribution is 0.200. The van der Waals surface area contributed by atoms with Crippen LogP contribution in [0.2, 0.25) is 0 Å². The van der Waals surface area contributed by atoms with Crippen molar-refractivity contribution in [3.8, 4) is 0 Å². The molecular formula is C13H22N4. The Bertz CT molecular complexity index is 387. The number of nitrogens with one attached hydrogen (secondary N) is 1. The number of hydrogen-bond acceptors (Lipinski definition) is 3. The molecule has 4 nitrogen and oxygen atoms in total. The Hall–Kier alpha value is -1.42. The molecular weight excluding hydrogens is 212 g/mol. The summed E-state index contributed by atoms with van der Waals surface area (Å²) in [5.41, 5.74) is 7.13. The normalized spacial score (nSPS) is 13.1. The van der Waals surface area contributed by atoms with Gasteiger partial charge in [0.25, 0.3) is 0 Å². The van der Waals surface area contributed by atoms with E-state index >= 15 is 0 Å². The molecule has 94 valence electrons. The number of nitrogens with zero attached hydrogens (tertiary/aromatic N) is 2.